The van der Waals surface area contributed by atoms with E-state index in [0.29, 0.717) is 29.3 Å². The van der Waals surface area contributed by atoms with Crippen molar-refractivity contribution in [2.75, 3.05) is 12.0 Å². The molecule has 28 heavy (non-hydrogen) atoms. The summed E-state index contributed by atoms with van der Waals surface area (Å²) in [6.45, 7) is 0. The predicted octanol–water partition coefficient (Wildman–Crippen LogP) is 4.49. The van der Waals surface area contributed by atoms with Crippen molar-refractivity contribution in [2.45, 2.75) is 12.5 Å². The van der Waals surface area contributed by atoms with Crippen molar-refractivity contribution in [3.05, 3.63) is 52.9 Å². The first-order valence-corrected chi connectivity index (χ1v) is 10.9. The highest BCUT2D eigenvalue weighted by Crippen LogP contribution is 2.35. The van der Waals surface area contributed by atoms with Crippen LogP contribution < -0.4 is 0 Å². The van der Waals surface area contributed by atoms with E-state index in [1.54, 1.807) is 30.3 Å². The topological polar surface area (TPSA) is 70.8 Å². The van der Waals surface area contributed by atoms with Crippen LogP contribution in [0.5, 0.6) is 0 Å². The molecule has 3 rings (SSSR count). The quantitative estimate of drug-likeness (QED) is 0.505. The summed E-state index contributed by atoms with van der Waals surface area (Å²) in [7, 11) is 0. The van der Waals surface area contributed by atoms with Gasteiger partial charge < -0.3 is 9.52 Å². The number of nitrogens with zero attached hydrogens (tertiary/aromatic N) is 1. The second kappa shape index (κ2) is 8.93. The molecule has 1 aliphatic heterocycles. The Balaban J connectivity index is 1.84. The first kappa shape index (κ1) is 20.6. The number of thiocarbonyl (C=S) groups is 1. The van der Waals surface area contributed by atoms with Crippen LogP contribution in [0.3, 0.4) is 0 Å². The Morgan fingerprint density at radius 3 is 2.82 bits per heavy atom. The summed E-state index contributed by atoms with van der Waals surface area (Å²) in [5, 5.41) is 9.48. The van der Waals surface area contributed by atoms with Gasteiger partial charge in [-0.2, -0.15) is 11.8 Å². The monoisotopic (exact) mass is 437 g/mol. The fourth-order valence-corrected chi connectivity index (χ4v) is 4.50. The molecule has 0 aliphatic carbocycles. The number of carboxylic acid groups (broad SMARTS) is 1. The normalized spacial score (nSPS) is 16.8. The number of benzene rings is 1. The standard InChI is InChI=1S/C19H16FNO4S3/c1-27-9-8-14(18(23)24)21-17(22)16(28-19(21)26)10-11-6-7-15(25-11)12-4-2-3-5-13(12)20/h2-7,10,14H,8-9H2,1H3,(H,23,24). The molecular weight excluding hydrogens is 421 g/mol. The Bertz CT molecular complexity index is 956. The summed E-state index contributed by atoms with van der Waals surface area (Å²) >= 11 is 7.76. The van der Waals surface area contributed by atoms with Gasteiger partial charge in [0.25, 0.3) is 5.91 Å². The number of aliphatic carboxylic acids is 1. The van der Waals surface area contributed by atoms with Crippen molar-refractivity contribution in [3.8, 4) is 11.3 Å². The maximum Gasteiger partial charge on any atom is 0.326 e. The van der Waals surface area contributed by atoms with Crippen LogP contribution in [-0.2, 0) is 9.59 Å². The molecule has 1 atom stereocenters. The number of hydrogen-bond acceptors (Lipinski definition) is 6. The highest BCUT2D eigenvalue weighted by atomic mass is 32.2. The first-order valence-electron chi connectivity index (χ1n) is 8.26. The molecule has 1 saturated heterocycles. The molecule has 1 aromatic carbocycles. The fourth-order valence-electron chi connectivity index (χ4n) is 2.71. The molecule has 0 spiro atoms. The average Bonchev–Trinajstić information content (AvgIpc) is 3.22. The molecule has 1 amide bonds. The van der Waals surface area contributed by atoms with E-state index in [1.165, 1.54) is 23.9 Å². The number of thioether (sulfide) groups is 2. The van der Waals surface area contributed by atoms with Gasteiger partial charge in [0.1, 0.15) is 27.7 Å². The third-order valence-corrected chi connectivity index (χ3v) is 6.03. The van der Waals surface area contributed by atoms with Crippen LogP contribution in [0.1, 0.15) is 12.2 Å². The number of furan rings is 1. The highest BCUT2D eigenvalue weighted by Gasteiger charge is 2.40. The summed E-state index contributed by atoms with van der Waals surface area (Å²) in [4.78, 5) is 25.7. The molecule has 0 saturated carbocycles. The van der Waals surface area contributed by atoms with Gasteiger partial charge in [-0.15, -0.1) is 0 Å². The van der Waals surface area contributed by atoms with Gasteiger partial charge >= 0.3 is 5.97 Å². The predicted molar refractivity (Wildman–Crippen MR) is 114 cm³/mol. The van der Waals surface area contributed by atoms with E-state index in [2.05, 4.69) is 0 Å². The minimum atomic E-state index is -1.09. The molecule has 9 heteroatoms. The van der Waals surface area contributed by atoms with Gasteiger partial charge in [0.05, 0.1) is 10.5 Å². The number of carbonyl (C=O) groups is 2. The number of carboxylic acids is 1. The van der Waals surface area contributed by atoms with E-state index in [-0.39, 0.29) is 9.23 Å². The molecule has 1 unspecified atom stereocenters. The number of halogens is 1. The number of rotatable bonds is 7. The van der Waals surface area contributed by atoms with Crippen LogP contribution >= 0.6 is 35.7 Å². The summed E-state index contributed by atoms with van der Waals surface area (Å²) in [6, 6.07) is 8.46. The second-order valence-electron chi connectivity index (χ2n) is 5.87. The number of carbonyl (C=O) groups excluding carboxylic acids is 1. The third-order valence-electron chi connectivity index (χ3n) is 4.06. The lowest BCUT2D eigenvalue weighted by Crippen LogP contribution is -2.44. The van der Waals surface area contributed by atoms with Crippen molar-refractivity contribution in [3.63, 3.8) is 0 Å². The molecule has 1 fully saturated rings. The maximum atomic E-state index is 13.9. The fraction of sp³-hybridized carbons (Fsp3) is 0.211. The van der Waals surface area contributed by atoms with Crippen LogP contribution in [0.4, 0.5) is 4.39 Å². The van der Waals surface area contributed by atoms with Gasteiger partial charge in [0.15, 0.2) is 0 Å². The zero-order valence-corrected chi connectivity index (χ0v) is 17.2. The van der Waals surface area contributed by atoms with Gasteiger partial charge in [-0.05, 0) is 42.7 Å². The van der Waals surface area contributed by atoms with Gasteiger partial charge in [0.2, 0.25) is 0 Å². The first-order chi connectivity index (χ1) is 13.4. The van der Waals surface area contributed by atoms with Crippen molar-refractivity contribution >= 4 is 58.0 Å². The van der Waals surface area contributed by atoms with Crippen molar-refractivity contribution in [2.24, 2.45) is 0 Å². The Hall–Kier alpha value is -2.10. The van der Waals surface area contributed by atoms with Gasteiger partial charge in [-0.25, -0.2) is 9.18 Å². The molecule has 1 aromatic heterocycles. The summed E-state index contributed by atoms with van der Waals surface area (Å²) in [5.41, 5.74) is 0.317. The minimum Gasteiger partial charge on any atom is -0.480 e. The second-order valence-corrected chi connectivity index (χ2v) is 8.53. The van der Waals surface area contributed by atoms with Crippen LogP contribution in [0.2, 0.25) is 0 Å². The molecule has 1 aliphatic rings. The molecule has 5 nitrogen and oxygen atoms in total. The molecule has 146 valence electrons. The Labute approximate surface area is 175 Å². The van der Waals surface area contributed by atoms with Crippen LogP contribution in [0, 0.1) is 5.82 Å². The van der Waals surface area contributed by atoms with E-state index < -0.39 is 23.7 Å². The molecule has 2 heterocycles. The molecule has 0 bridgehead atoms. The van der Waals surface area contributed by atoms with Crippen molar-refractivity contribution in [1.29, 1.82) is 0 Å². The van der Waals surface area contributed by atoms with E-state index in [4.69, 9.17) is 16.6 Å². The van der Waals surface area contributed by atoms with Crippen LogP contribution in [0.25, 0.3) is 17.4 Å². The van der Waals surface area contributed by atoms with Crippen molar-refractivity contribution in [1.82, 2.24) is 4.90 Å². The number of amides is 1. The van der Waals surface area contributed by atoms with E-state index in [0.717, 1.165) is 16.7 Å². The smallest absolute Gasteiger partial charge is 0.326 e. The largest absolute Gasteiger partial charge is 0.480 e. The van der Waals surface area contributed by atoms with E-state index in [1.807, 2.05) is 6.26 Å². The SMILES string of the molecule is CSCCC(C(=O)O)N1C(=O)C(=Cc2ccc(-c3ccccc3F)o2)SC1=S. The van der Waals surface area contributed by atoms with E-state index >= 15 is 0 Å². The molecule has 1 N–H and O–H groups in total. The molecular formula is C19H16FNO4S3. The average molecular weight is 438 g/mol. The van der Waals surface area contributed by atoms with Gasteiger partial charge in [-0.3, -0.25) is 9.69 Å². The van der Waals surface area contributed by atoms with E-state index in [9.17, 15) is 19.1 Å². The zero-order chi connectivity index (χ0) is 20.3. The Morgan fingerprint density at radius 1 is 1.39 bits per heavy atom. The van der Waals surface area contributed by atoms with Crippen molar-refractivity contribution < 1.29 is 23.5 Å². The summed E-state index contributed by atoms with van der Waals surface area (Å²) in [5.74, 6) is -0.679. The molecule has 2 aromatic rings. The Morgan fingerprint density at radius 2 is 2.14 bits per heavy atom. The number of hydrogen-bond donors (Lipinski definition) is 1. The van der Waals surface area contributed by atoms with Crippen LogP contribution in [0.15, 0.2) is 45.7 Å². The zero-order valence-electron chi connectivity index (χ0n) is 14.8. The third kappa shape index (κ3) is 4.31. The highest BCUT2D eigenvalue weighted by molar-refractivity contribution is 8.26. The summed E-state index contributed by atoms with van der Waals surface area (Å²) < 4.78 is 19.7. The minimum absolute atomic E-state index is 0.200. The lowest BCUT2D eigenvalue weighted by molar-refractivity contribution is -0.145. The van der Waals surface area contributed by atoms with Crippen LogP contribution in [-0.4, -0.2) is 44.3 Å². The summed E-state index contributed by atoms with van der Waals surface area (Å²) in [6.07, 6.45) is 3.67. The molecule has 0 radical (unpaired) electrons. The van der Waals surface area contributed by atoms with Gasteiger partial charge in [0, 0.05) is 6.08 Å². The van der Waals surface area contributed by atoms with Gasteiger partial charge in [-0.1, -0.05) is 36.1 Å². The maximum absolute atomic E-state index is 13.9. The lowest BCUT2D eigenvalue weighted by atomic mass is 10.1. The Kier molecular flexibility index (Phi) is 6.58. The lowest BCUT2D eigenvalue weighted by Gasteiger charge is -2.22.